The number of H-pyrrole nitrogens is 1. The number of hydrogen-bond donors (Lipinski definition) is 1. The number of halogens is 3. The molecule has 1 aromatic carbocycles. The number of imidazole rings is 1. The van der Waals surface area contributed by atoms with Crippen LogP contribution in [0.2, 0.25) is 0 Å². The summed E-state index contributed by atoms with van der Waals surface area (Å²) in [5.41, 5.74) is 1.30. The maximum Gasteiger partial charge on any atom is 0.184 e. The minimum absolute atomic E-state index is 0.122. The van der Waals surface area contributed by atoms with Crippen molar-refractivity contribution in [1.82, 2.24) is 19.3 Å². The Kier molecular flexibility index (Phi) is 3.12. The third-order valence-corrected chi connectivity index (χ3v) is 3.54. The first-order chi connectivity index (χ1) is 9.93. The van der Waals surface area contributed by atoms with Gasteiger partial charge in [-0.25, -0.2) is 17.9 Å². The van der Waals surface area contributed by atoms with Crippen LogP contribution in [0.1, 0.15) is 12.6 Å². The Morgan fingerprint density at radius 2 is 1.86 bits per heavy atom. The molecule has 0 aliphatic rings. The van der Waals surface area contributed by atoms with Gasteiger partial charge in [0.15, 0.2) is 22.1 Å². The molecule has 0 bridgehead atoms. The van der Waals surface area contributed by atoms with Gasteiger partial charge in [-0.2, -0.15) is 5.10 Å². The lowest BCUT2D eigenvalue weighted by Gasteiger charge is -2.08. The molecule has 0 fully saturated rings. The molecule has 0 spiro atoms. The fourth-order valence-electron chi connectivity index (χ4n) is 2.38. The lowest BCUT2D eigenvalue weighted by Crippen LogP contribution is -2.07. The molecule has 0 radical (unpaired) electrons. The minimum atomic E-state index is -1.02. The largest absolute Gasteiger partial charge is 0.327 e. The summed E-state index contributed by atoms with van der Waals surface area (Å²) in [5, 5.41) is 4.27. The van der Waals surface area contributed by atoms with E-state index in [1.165, 1.54) is 4.57 Å². The molecule has 2 aromatic heterocycles. The third kappa shape index (κ3) is 1.98. The van der Waals surface area contributed by atoms with Crippen molar-refractivity contribution < 1.29 is 13.2 Å². The van der Waals surface area contributed by atoms with E-state index in [4.69, 9.17) is 12.2 Å². The van der Waals surface area contributed by atoms with E-state index in [1.807, 2.05) is 6.92 Å². The number of aromatic amines is 1. The molecule has 21 heavy (non-hydrogen) atoms. The van der Waals surface area contributed by atoms with E-state index in [0.717, 1.165) is 0 Å². The van der Waals surface area contributed by atoms with E-state index < -0.39 is 23.1 Å². The predicted molar refractivity (Wildman–Crippen MR) is 74.5 cm³/mol. The average Bonchev–Trinajstić information content (AvgIpc) is 2.87. The fourth-order valence-corrected chi connectivity index (χ4v) is 2.66. The number of fused-ring (bicyclic) bond motifs is 1. The summed E-state index contributed by atoms with van der Waals surface area (Å²) in [6, 6.07) is 1.25. The Bertz CT molecular complexity index is 883. The summed E-state index contributed by atoms with van der Waals surface area (Å²) >= 11 is 5.15. The molecule has 0 aliphatic carbocycles. The quantitative estimate of drug-likeness (QED) is 0.734. The highest BCUT2D eigenvalue weighted by Gasteiger charge is 2.21. The number of hydrogen-bond acceptors (Lipinski definition) is 2. The van der Waals surface area contributed by atoms with Crippen LogP contribution < -0.4 is 0 Å². The Labute approximate surface area is 122 Å². The van der Waals surface area contributed by atoms with Crippen molar-refractivity contribution >= 4 is 23.4 Å². The zero-order valence-electron chi connectivity index (χ0n) is 11.2. The summed E-state index contributed by atoms with van der Waals surface area (Å²) in [6.07, 6.45) is 0. The van der Waals surface area contributed by atoms with Crippen LogP contribution in [-0.2, 0) is 6.54 Å². The maximum absolute atomic E-state index is 14.0. The molecular weight excluding hydrogens is 301 g/mol. The van der Waals surface area contributed by atoms with Gasteiger partial charge in [0.1, 0.15) is 17.0 Å². The first kappa shape index (κ1) is 13.9. The minimum Gasteiger partial charge on any atom is -0.327 e. The monoisotopic (exact) mass is 312 g/mol. The highest BCUT2D eigenvalue weighted by molar-refractivity contribution is 7.71. The van der Waals surface area contributed by atoms with Crippen LogP contribution in [0, 0.1) is 29.1 Å². The number of nitrogens with one attached hydrogen (secondary N) is 1. The molecule has 4 nitrogen and oxygen atoms in total. The summed E-state index contributed by atoms with van der Waals surface area (Å²) < 4.78 is 44.1. The van der Waals surface area contributed by atoms with Crippen molar-refractivity contribution in [2.75, 3.05) is 0 Å². The highest BCUT2D eigenvalue weighted by atomic mass is 32.1. The van der Waals surface area contributed by atoms with Gasteiger partial charge >= 0.3 is 0 Å². The van der Waals surface area contributed by atoms with Crippen molar-refractivity contribution in [1.29, 1.82) is 0 Å². The molecule has 8 heteroatoms. The zero-order chi connectivity index (χ0) is 15.3. The molecule has 3 rings (SSSR count). The number of aromatic nitrogens is 4. The van der Waals surface area contributed by atoms with Crippen LogP contribution in [0.3, 0.4) is 0 Å². The molecule has 0 amide bonds. The zero-order valence-corrected chi connectivity index (χ0v) is 12.1. The molecule has 1 N–H and O–H groups in total. The van der Waals surface area contributed by atoms with Gasteiger partial charge in [0.05, 0.1) is 5.69 Å². The van der Waals surface area contributed by atoms with Gasteiger partial charge in [-0.15, -0.1) is 0 Å². The standard InChI is InChI=1S/C13H11F3N4S/c1-3-19-12-10(6(2)18-19)17-13(21)20(12)11-8(15)4-7(14)5-9(11)16/h4-5H,3H2,1-2H3,(H,17,21). The van der Waals surface area contributed by atoms with Gasteiger partial charge < -0.3 is 4.98 Å². The molecule has 0 aliphatic heterocycles. The molecule has 2 heterocycles. The van der Waals surface area contributed by atoms with Gasteiger partial charge in [0.2, 0.25) is 0 Å². The van der Waals surface area contributed by atoms with E-state index in [9.17, 15) is 13.2 Å². The lowest BCUT2D eigenvalue weighted by atomic mass is 10.2. The molecule has 0 unspecified atom stereocenters. The summed E-state index contributed by atoms with van der Waals surface area (Å²) in [5.74, 6) is -3.02. The second kappa shape index (κ2) is 4.73. The van der Waals surface area contributed by atoms with E-state index in [1.54, 1.807) is 11.6 Å². The van der Waals surface area contributed by atoms with Crippen molar-refractivity contribution in [3.05, 3.63) is 40.0 Å². The van der Waals surface area contributed by atoms with E-state index in [2.05, 4.69) is 10.1 Å². The number of aryl methyl sites for hydroxylation is 2. The number of benzene rings is 1. The Balaban J connectivity index is 2.46. The third-order valence-electron chi connectivity index (χ3n) is 3.25. The van der Waals surface area contributed by atoms with E-state index in [-0.39, 0.29) is 4.77 Å². The van der Waals surface area contributed by atoms with Crippen molar-refractivity contribution in [2.24, 2.45) is 0 Å². The SMILES string of the molecule is CCn1nc(C)c2[nH]c(=S)n(-c3c(F)cc(F)cc3F)c21. The van der Waals surface area contributed by atoms with Gasteiger partial charge in [0.25, 0.3) is 0 Å². The number of nitrogens with zero attached hydrogens (tertiary/aromatic N) is 3. The Hall–Kier alpha value is -2.09. The Morgan fingerprint density at radius 1 is 1.24 bits per heavy atom. The molecule has 0 saturated heterocycles. The van der Waals surface area contributed by atoms with Gasteiger partial charge in [0, 0.05) is 18.7 Å². The van der Waals surface area contributed by atoms with E-state index in [0.29, 0.717) is 35.5 Å². The molecule has 0 saturated carbocycles. The smallest absolute Gasteiger partial charge is 0.184 e. The first-order valence-corrected chi connectivity index (χ1v) is 6.68. The number of rotatable bonds is 2. The van der Waals surface area contributed by atoms with Gasteiger partial charge in [-0.05, 0) is 26.1 Å². The van der Waals surface area contributed by atoms with Crippen LogP contribution in [0.4, 0.5) is 13.2 Å². The topological polar surface area (TPSA) is 38.5 Å². The van der Waals surface area contributed by atoms with Crippen molar-refractivity contribution in [3.8, 4) is 5.69 Å². The second-order valence-electron chi connectivity index (χ2n) is 4.58. The lowest BCUT2D eigenvalue weighted by molar-refractivity contribution is 0.533. The highest BCUT2D eigenvalue weighted by Crippen LogP contribution is 2.26. The van der Waals surface area contributed by atoms with Crippen molar-refractivity contribution in [2.45, 2.75) is 20.4 Å². The summed E-state index contributed by atoms with van der Waals surface area (Å²) in [7, 11) is 0. The van der Waals surface area contributed by atoms with Crippen LogP contribution in [-0.4, -0.2) is 19.3 Å². The van der Waals surface area contributed by atoms with E-state index >= 15 is 0 Å². The molecule has 0 atom stereocenters. The van der Waals surface area contributed by atoms with Gasteiger partial charge in [-0.3, -0.25) is 4.57 Å². The fraction of sp³-hybridized carbons (Fsp3) is 0.231. The summed E-state index contributed by atoms with van der Waals surface area (Å²) in [6.45, 7) is 4.12. The van der Waals surface area contributed by atoms with Crippen LogP contribution in [0.25, 0.3) is 16.9 Å². The molecular formula is C13H11F3N4S. The van der Waals surface area contributed by atoms with Crippen molar-refractivity contribution in [3.63, 3.8) is 0 Å². The first-order valence-electron chi connectivity index (χ1n) is 6.27. The summed E-state index contributed by atoms with van der Waals surface area (Å²) in [4.78, 5) is 2.88. The average molecular weight is 312 g/mol. The van der Waals surface area contributed by atoms with Gasteiger partial charge in [-0.1, -0.05) is 0 Å². The second-order valence-corrected chi connectivity index (χ2v) is 4.97. The van der Waals surface area contributed by atoms with Crippen LogP contribution >= 0.6 is 12.2 Å². The van der Waals surface area contributed by atoms with Crippen LogP contribution in [0.5, 0.6) is 0 Å². The predicted octanol–water partition coefficient (Wildman–Crippen LogP) is 3.63. The Morgan fingerprint density at radius 3 is 2.43 bits per heavy atom. The maximum atomic E-state index is 14.0. The molecule has 3 aromatic rings. The normalized spacial score (nSPS) is 11.5. The van der Waals surface area contributed by atoms with Crippen LogP contribution in [0.15, 0.2) is 12.1 Å². The molecule has 110 valence electrons.